The fourth-order valence-corrected chi connectivity index (χ4v) is 2.45. The summed E-state index contributed by atoms with van der Waals surface area (Å²) in [6.07, 6.45) is -0.987. The number of benzene rings is 1. The van der Waals surface area contributed by atoms with Crippen molar-refractivity contribution in [3.8, 4) is 5.75 Å². The summed E-state index contributed by atoms with van der Waals surface area (Å²) < 4.78 is 10.6. The highest BCUT2D eigenvalue weighted by molar-refractivity contribution is 6.06. The van der Waals surface area contributed by atoms with Gasteiger partial charge in [-0.2, -0.15) is 0 Å². The minimum absolute atomic E-state index is 0.203. The summed E-state index contributed by atoms with van der Waals surface area (Å²) in [5.74, 6) is 1.65. The molecule has 1 aromatic rings. The lowest BCUT2D eigenvalue weighted by atomic mass is 9.97. The van der Waals surface area contributed by atoms with E-state index in [1.165, 1.54) is 0 Å². The number of esters is 1. The number of ether oxygens (including phenoxy) is 2. The molecule has 5 heteroatoms. The van der Waals surface area contributed by atoms with Gasteiger partial charge >= 0.3 is 5.97 Å². The van der Waals surface area contributed by atoms with Crippen LogP contribution in [0.15, 0.2) is 18.2 Å². The van der Waals surface area contributed by atoms with E-state index in [1.54, 1.807) is 19.1 Å². The molecule has 1 heterocycles. The minimum Gasteiger partial charge on any atom is -0.424 e. The molecule has 1 unspecified atom stereocenters. The Labute approximate surface area is 124 Å². The largest absolute Gasteiger partial charge is 0.424 e. The highest BCUT2D eigenvalue weighted by Crippen LogP contribution is 2.36. The van der Waals surface area contributed by atoms with Crippen molar-refractivity contribution in [2.24, 2.45) is 0 Å². The predicted molar refractivity (Wildman–Crippen MR) is 80.2 cm³/mol. The van der Waals surface area contributed by atoms with Crippen LogP contribution in [0.4, 0.5) is 5.69 Å². The maximum absolute atomic E-state index is 12.0. The van der Waals surface area contributed by atoms with Crippen LogP contribution in [-0.2, 0) is 14.3 Å². The van der Waals surface area contributed by atoms with Gasteiger partial charge in [0.1, 0.15) is 11.7 Å². The highest BCUT2D eigenvalue weighted by Gasteiger charge is 2.35. The Hall–Kier alpha value is -2.10. The first-order chi connectivity index (χ1) is 10.2. The molecule has 0 amide bonds. The lowest BCUT2D eigenvalue weighted by Gasteiger charge is -2.27. The first-order valence-corrected chi connectivity index (χ1v) is 7.13. The number of anilines is 1. The maximum Gasteiger partial charge on any atom is 0.346 e. The molecular formula is C16H19NO4. The predicted octanol–water partition coefficient (Wildman–Crippen LogP) is 2.07. The van der Waals surface area contributed by atoms with Gasteiger partial charge in [-0.3, -0.25) is 0 Å². The lowest BCUT2D eigenvalue weighted by Crippen LogP contribution is -2.34. The summed E-state index contributed by atoms with van der Waals surface area (Å²) in [6, 6.07) is 5.47. The van der Waals surface area contributed by atoms with E-state index in [9.17, 15) is 9.59 Å². The van der Waals surface area contributed by atoms with Crippen LogP contribution in [0.25, 0.3) is 5.57 Å². The molecule has 1 aliphatic heterocycles. The molecule has 112 valence electrons. The van der Waals surface area contributed by atoms with E-state index in [2.05, 4.69) is 18.7 Å². The van der Waals surface area contributed by atoms with Crippen LogP contribution in [-0.4, -0.2) is 37.7 Å². The van der Waals surface area contributed by atoms with E-state index < -0.39 is 12.1 Å². The van der Waals surface area contributed by atoms with Crippen molar-refractivity contribution in [2.75, 3.05) is 24.6 Å². The normalized spacial score (nSPS) is 17.0. The Morgan fingerprint density at radius 2 is 2.00 bits per heavy atom. The van der Waals surface area contributed by atoms with E-state index >= 15 is 0 Å². The van der Waals surface area contributed by atoms with Crippen molar-refractivity contribution in [3.05, 3.63) is 23.8 Å². The number of fused-ring (bicyclic) bond motifs is 1. The third kappa shape index (κ3) is 2.84. The number of rotatable bonds is 5. The number of carbonyl (C=O) groups is 1. The van der Waals surface area contributed by atoms with Gasteiger partial charge in [-0.25, -0.2) is 9.59 Å². The van der Waals surface area contributed by atoms with Crippen LogP contribution in [0.2, 0.25) is 0 Å². The van der Waals surface area contributed by atoms with E-state index in [0.29, 0.717) is 17.9 Å². The van der Waals surface area contributed by atoms with Crippen LogP contribution in [0.5, 0.6) is 5.75 Å². The van der Waals surface area contributed by atoms with Gasteiger partial charge < -0.3 is 14.4 Å². The Balaban J connectivity index is 2.45. The van der Waals surface area contributed by atoms with Gasteiger partial charge in [0, 0.05) is 37.0 Å². The SMILES string of the molecule is CCOC1C(=O)Oc2cc(N(CC)CC)ccc2C1=C=O. The molecule has 0 saturated carbocycles. The van der Waals surface area contributed by atoms with Crippen LogP contribution in [0.3, 0.4) is 0 Å². The van der Waals surface area contributed by atoms with Crippen molar-refractivity contribution in [2.45, 2.75) is 26.9 Å². The average molecular weight is 289 g/mol. The second-order valence-electron chi connectivity index (χ2n) is 4.62. The number of carbonyl (C=O) groups excluding carboxylic acids is 2. The molecule has 0 fully saturated rings. The van der Waals surface area contributed by atoms with Crippen molar-refractivity contribution < 1.29 is 19.1 Å². The third-order valence-electron chi connectivity index (χ3n) is 3.51. The summed E-state index contributed by atoms with van der Waals surface area (Å²) in [5.41, 5.74) is 1.72. The van der Waals surface area contributed by atoms with Crippen molar-refractivity contribution >= 4 is 23.2 Å². The molecule has 0 N–H and O–H groups in total. The van der Waals surface area contributed by atoms with Crippen LogP contribution < -0.4 is 9.64 Å². The van der Waals surface area contributed by atoms with E-state index in [4.69, 9.17) is 9.47 Å². The fourth-order valence-electron chi connectivity index (χ4n) is 2.45. The molecule has 5 nitrogen and oxygen atoms in total. The standard InChI is InChI=1S/C16H19NO4/c1-4-17(5-2)11-7-8-12-13(10-18)15(20-6-3)16(19)21-14(12)9-11/h7-9,15H,4-6H2,1-3H3. The monoisotopic (exact) mass is 289 g/mol. The Kier molecular flexibility index (Phi) is 4.78. The highest BCUT2D eigenvalue weighted by atomic mass is 16.6. The fraction of sp³-hybridized carbons (Fsp3) is 0.438. The van der Waals surface area contributed by atoms with Crippen LogP contribution in [0, 0.1) is 0 Å². The van der Waals surface area contributed by atoms with Gasteiger partial charge in [0.15, 0.2) is 6.10 Å². The maximum atomic E-state index is 12.0. The smallest absolute Gasteiger partial charge is 0.346 e. The zero-order chi connectivity index (χ0) is 15.4. The Morgan fingerprint density at radius 3 is 2.57 bits per heavy atom. The number of hydrogen-bond donors (Lipinski definition) is 0. The second kappa shape index (κ2) is 6.57. The molecule has 21 heavy (non-hydrogen) atoms. The molecule has 2 rings (SSSR count). The summed E-state index contributed by atoms with van der Waals surface area (Å²) in [6.45, 7) is 7.88. The van der Waals surface area contributed by atoms with Crippen molar-refractivity contribution in [1.82, 2.24) is 0 Å². The van der Waals surface area contributed by atoms with Gasteiger partial charge in [0.2, 0.25) is 0 Å². The Bertz CT molecular complexity index is 586. The van der Waals surface area contributed by atoms with Crippen LogP contribution >= 0.6 is 0 Å². The van der Waals surface area contributed by atoms with Gasteiger partial charge in [0.25, 0.3) is 0 Å². The molecule has 0 radical (unpaired) electrons. The van der Waals surface area contributed by atoms with Gasteiger partial charge in [0.05, 0.1) is 5.57 Å². The quantitative estimate of drug-likeness (QED) is 0.472. The molecule has 1 aromatic carbocycles. The average Bonchev–Trinajstić information content (AvgIpc) is 2.49. The summed E-state index contributed by atoms with van der Waals surface area (Å²) in [5, 5.41) is 0. The first kappa shape index (κ1) is 15.3. The summed E-state index contributed by atoms with van der Waals surface area (Å²) in [7, 11) is 0. The zero-order valence-electron chi connectivity index (χ0n) is 12.5. The third-order valence-corrected chi connectivity index (χ3v) is 3.51. The van der Waals surface area contributed by atoms with Crippen molar-refractivity contribution in [1.29, 1.82) is 0 Å². The molecule has 0 aliphatic carbocycles. The molecule has 0 bridgehead atoms. The minimum atomic E-state index is -0.987. The van der Waals surface area contributed by atoms with Crippen LogP contribution in [0.1, 0.15) is 26.3 Å². The van der Waals surface area contributed by atoms with E-state index in [1.807, 2.05) is 12.0 Å². The molecule has 1 aliphatic rings. The number of nitrogens with zero attached hydrogens (tertiary/aromatic N) is 1. The first-order valence-electron chi connectivity index (χ1n) is 7.13. The second-order valence-corrected chi connectivity index (χ2v) is 4.62. The Morgan fingerprint density at radius 1 is 1.29 bits per heavy atom. The molecule has 0 saturated heterocycles. The zero-order valence-corrected chi connectivity index (χ0v) is 12.5. The van der Waals surface area contributed by atoms with Gasteiger partial charge in [-0.1, -0.05) is 0 Å². The topological polar surface area (TPSA) is 55.8 Å². The summed E-state index contributed by atoms with van der Waals surface area (Å²) >= 11 is 0. The van der Waals surface area contributed by atoms with E-state index in [0.717, 1.165) is 18.8 Å². The summed E-state index contributed by atoms with van der Waals surface area (Å²) in [4.78, 5) is 25.3. The molecule has 1 atom stereocenters. The lowest BCUT2D eigenvalue weighted by molar-refractivity contribution is -0.144. The van der Waals surface area contributed by atoms with Crippen molar-refractivity contribution in [3.63, 3.8) is 0 Å². The van der Waals surface area contributed by atoms with Gasteiger partial charge in [-0.15, -0.1) is 0 Å². The van der Waals surface area contributed by atoms with Gasteiger partial charge in [-0.05, 0) is 32.9 Å². The van der Waals surface area contributed by atoms with E-state index in [-0.39, 0.29) is 5.57 Å². The number of hydrogen-bond acceptors (Lipinski definition) is 5. The molecule has 0 aromatic heterocycles. The molecular weight excluding hydrogens is 270 g/mol. The molecule has 0 spiro atoms.